The van der Waals surface area contributed by atoms with E-state index in [-0.39, 0.29) is 11.3 Å². The van der Waals surface area contributed by atoms with Crippen molar-refractivity contribution in [2.75, 3.05) is 20.2 Å². The molecule has 1 aliphatic rings. The minimum absolute atomic E-state index is 0.0337. The molecule has 0 heterocycles. The van der Waals surface area contributed by atoms with Gasteiger partial charge in [-0.05, 0) is 56.5 Å². The third-order valence-electron chi connectivity index (χ3n) is 3.94. The molecule has 19 heavy (non-hydrogen) atoms. The molecule has 1 fully saturated rings. The molecule has 1 amide bonds. The van der Waals surface area contributed by atoms with Gasteiger partial charge in [-0.3, -0.25) is 4.79 Å². The number of aryl methyl sites for hydroxylation is 2. The largest absolute Gasteiger partial charge is 0.496 e. The number of amides is 1. The number of benzene rings is 1. The second-order valence-corrected chi connectivity index (χ2v) is 5.53. The molecule has 0 unspecified atom stereocenters. The molecule has 0 atom stereocenters. The zero-order valence-corrected chi connectivity index (χ0v) is 11.9. The Bertz CT molecular complexity index is 470. The number of methoxy groups -OCH3 is 1. The Morgan fingerprint density at radius 3 is 2.37 bits per heavy atom. The molecule has 0 radical (unpaired) electrons. The van der Waals surface area contributed by atoms with Crippen LogP contribution in [0.1, 0.15) is 34.3 Å². The van der Waals surface area contributed by atoms with Gasteiger partial charge in [0.1, 0.15) is 5.75 Å². The molecule has 0 aliphatic heterocycles. The predicted octanol–water partition coefficient (Wildman–Crippen LogP) is 1.78. The van der Waals surface area contributed by atoms with Gasteiger partial charge in [-0.2, -0.15) is 0 Å². The fraction of sp³-hybridized carbons (Fsp3) is 0.533. The minimum atomic E-state index is -0.0337. The van der Waals surface area contributed by atoms with E-state index in [1.165, 1.54) is 0 Å². The Hall–Kier alpha value is -1.55. The zero-order chi connectivity index (χ0) is 14.0. The Labute approximate surface area is 114 Å². The summed E-state index contributed by atoms with van der Waals surface area (Å²) in [5, 5.41) is 2.98. The van der Waals surface area contributed by atoms with Gasteiger partial charge in [-0.1, -0.05) is 0 Å². The standard InChI is InChI=1S/C15H22N2O2/c1-10-6-12(7-11(2)13(10)19-3)14(18)17-9-15(8-16)4-5-15/h6-7H,4-5,8-9,16H2,1-3H3,(H,17,18). The van der Waals surface area contributed by atoms with E-state index in [4.69, 9.17) is 10.5 Å². The first-order valence-corrected chi connectivity index (χ1v) is 6.65. The molecule has 1 aromatic rings. The van der Waals surface area contributed by atoms with Gasteiger partial charge >= 0.3 is 0 Å². The minimum Gasteiger partial charge on any atom is -0.496 e. The van der Waals surface area contributed by atoms with Gasteiger partial charge in [0.2, 0.25) is 0 Å². The van der Waals surface area contributed by atoms with Gasteiger partial charge in [0.15, 0.2) is 0 Å². The Kier molecular flexibility index (Phi) is 3.80. The highest BCUT2D eigenvalue weighted by molar-refractivity contribution is 5.95. The average molecular weight is 262 g/mol. The summed E-state index contributed by atoms with van der Waals surface area (Å²) in [5.74, 6) is 0.811. The first-order chi connectivity index (χ1) is 9.01. The van der Waals surface area contributed by atoms with Crippen LogP contribution in [0.25, 0.3) is 0 Å². The number of carbonyl (C=O) groups is 1. The van der Waals surface area contributed by atoms with Gasteiger partial charge in [-0.15, -0.1) is 0 Å². The molecule has 1 saturated carbocycles. The van der Waals surface area contributed by atoms with Crippen LogP contribution in [0, 0.1) is 19.3 Å². The van der Waals surface area contributed by atoms with E-state index in [0.29, 0.717) is 18.7 Å². The molecular formula is C15H22N2O2. The second-order valence-electron chi connectivity index (χ2n) is 5.53. The van der Waals surface area contributed by atoms with Crippen LogP contribution in [0.4, 0.5) is 0 Å². The van der Waals surface area contributed by atoms with Crippen LogP contribution in [-0.2, 0) is 0 Å². The summed E-state index contributed by atoms with van der Waals surface area (Å²) in [4.78, 5) is 12.1. The number of ether oxygens (including phenoxy) is 1. The average Bonchev–Trinajstić information content (AvgIpc) is 3.16. The van der Waals surface area contributed by atoms with E-state index in [2.05, 4.69) is 5.32 Å². The van der Waals surface area contributed by atoms with Crippen molar-refractivity contribution >= 4 is 5.91 Å². The van der Waals surface area contributed by atoms with Crippen molar-refractivity contribution in [1.82, 2.24) is 5.32 Å². The normalized spacial score (nSPS) is 16.0. The van der Waals surface area contributed by atoms with Gasteiger partial charge in [0, 0.05) is 17.5 Å². The van der Waals surface area contributed by atoms with Crippen molar-refractivity contribution in [1.29, 1.82) is 0 Å². The van der Waals surface area contributed by atoms with Crippen molar-refractivity contribution in [2.45, 2.75) is 26.7 Å². The predicted molar refractivity (Wildman–Crippen MR) is 75.5 cm³/mol. The first kappa shape index (κ1) is 13.9. The van der Waals surface area contributed by atoms with Gasteiger partial charge < -0.3 is 15.8 Å². The van der Waals surface area contributed by atoms with Crippen LogP contribution in [0.3, 0.4) is 0 Å². The third-order valence-corrected chi connectivity index (χ3v) is 3.94. The third kappa shape index (κ3) is 2.89. The number of carbonyl (C=O) groups excluding carboxylic acids is 1. The smallest absolute Gasteiger partial charge is 0.251 e. The lowest BCUT2D eigenvalue weighted by Gasteiger charge is -2.15. The van der Waals surface area contributed by atoms with Crippen molar-refractivity contribution in [3.63, 3.8) is 0 Å². The molecule has 2 rings (SSSR count). The summed E-state index contributed by atoms with van der Waals surface area (Å²) in [6, 6.07) is 3.73. The number of nitrogens with two attached hydrogens (primary N) is 1. The highest BCUT2D eigenvalue weighted by Crippen LogP contribution is 2.43. The van der Waals surface area contributed by atoms with Crippen LogP contribution in [0.15, 0.2) is 12.1 Å². The summed E-state index contributed by atoms with van der Waals surface area (Å²) in [7, 11) is 1.65. The van der Waals surface area contributed by atoms with Crippen molar-refractivity contribution < 1.29 is 9.53 Å². The maximum absolute atomic E-state index is 12.1. The summed E-state index contributed by atoms with van der Waals surface area (Å²) in [6.07, 6.45) is 2.23. The fourth-order valence-corrected chi connectivity index (χ4v) is 2.40. The quantitative estimate of drug-likeness (QED) is 0.850. The van der Waals surface area contributed by atoms with Crippen LogP contribution in [0.2, 0.25) is 0 Å². The summed E-state index contributed by atoms with van der Waals surface area (Å²) < 4.78 is 5.30. The molecule has 4 heteroatoms. The fourth-order valence-electron chi connectivity index (χ4n) is 2.40. The van der Waals surface area contributed by atoms with Gasteiger partial charge in [0.05, 0.1) is 7.11 Å². The van der Waals surface area contributed by atoms with Crippen molar-refractivity contribution in [3.05, 3.63) is 28.8 Å². The van der Waals surface area contributed by atoms with E-state index < -0.39 is 0 Å². The molecule has 1 aliphatic carbocycles. The Morgan fingerprint density at radius 2 is 1.95 bits per heavy atom. The maximum atomic E-state index is 12.1. The molecule has 0 aromatic heterocycles. The molecule has 0 bridgehead atoms. The lowest BCUT2D eigenvalue weighted by atomic mass is 10.0. The van der Waals surface area contributed by atoms with Crippen molar-refractivity contribution in [2.24, 2.45) is 11.1 Å². The Balaban J connectivity index is 2.07. The maximum Gasteiger partial charge on any atom is 0.251 e. The monoisotopic (exact) mass is 262 g/mol. The SMILES string of the molecule is COc1c(C)cc(C(=O)NCC2(CN)CC2)cc1C. The molecule has 1 aromatic carbocycles. The van der Waals surface area contributed by atoms with E-state index in [9.17, 15) is 4.79 Å². The molecule has 3 N–H and O–H groups in total. The lowest BCUT2D eigenvalue weighted by Crippen LogP contribution is -2.33. The summed E-state index contributed by atoms with van der Waals surface area (Å²) in [5.41, 5.74) is 8.51. The van der Waals surface area contributed by atoms with Crippen LogP contribution in [-0.4, -0.2) is 26.1 Å². The molecule has 4 nitrogen and oxygen atoms in total. The number of hydrogen-bond acceptors (Lipinski definition) is 3. The van der Waals surface area contributed by atoms with Gasteiger partial charge in [-0.25, -0.2) is 0 Å². The van der Waals surface area contributed by atoms with E-state index in [1.54, 1.807) is 7.11 Å². The topological polar surface area (TPSA) is 64.3 Å². The van der Waals surface area contributed by atoms with E-state index in [1.807, 2.05) is 26.0 Å². The molecular weight excluding hydrogens is 240 g/mol. The van der Waals surface area contributed by atoms with Crippen LogP contribution < -0.4 is 15.8 Å². The van der Waals surface area contributed by atoms with E-state index >= 15 is 0 Å². The molecule has 0 spiro atoms. The molecule has 0 saturated heterocycles. The van der Waals surface area contributed by atoms with Gasteiger partial charge in [0.25, 0.3) is 5.91 Å². The summed E-state index contributed by atoms with van der Waals surface area (Å²) in [6.45, 7) is 5.22. The number of hydrogen-bond donors (Lipinski definition) is 2. The number of rotatable bonds is 5. The Morgan fingerprint density at radius 1 is 1.37 bits per heavy atom. The van der Waals surface area contributed by atoms with Crippen LogP contribution in [0.5, 0.6) is 5.75 Å². The van der Waals surface area contributed by atoms with E-state index in [0.717, 1.165) is 29.7 Å². The summed E-state index contributed by atoms with van der Waals surface area (Å²) >= 11 is 0. The lowest BCUT2D eigenvalue weighted by molar-refractivity contribution is 0.0945. The first-order valence-electron chi connectivity index (χ1n) is 6.65. The zero-order valence-electron chi connectivity index (χ0n) is 11.9. The number of nitrogens with one attached hydrogen (secondary N) is 1. The highest BCUT2D eigenvalue weighted by atomic mass is 16.5. The van der Waals surface area contributed by atoms with Crippen molar-refractivity contribution in [3.8, 4) is 5.75 Å². The van der Waals surface area contributed by atoms with Crippen LogP contribution >= 0.6 is 0 Å². The molecule has 104 valence electrons. The highest BCUT2D eigenvalue weighted by Gasteiger charge is 2.41. The second kappa shape index (κ2) is 5.21.